The van der Waals surface area contributed by atoms with Crippen molar-refractivity contribution in [3.63, 3.8) is 0 Å². The van der Waals surface area contributed by atoms with E-state index in [1.807, 2.05) is 25.1 Å². The van der Waals surface area contributed by atoms with Crippen LogP contribution in [0, 0.1) is 0 Å². The molecule has 3 aromatic rings. The van der Waals surface area contributed by atoms with E-state index in [4.69, 9.17) is 4.74 Å². The second-order valence-electron chi connectivity index (χ2n) is 7.38. The van der Waals surface area contributed by atoms with Crippen molar-refractivity contribution in [2.75, 3.05) is 6.61 Å². The number of fused-ring (bicyclic) bond motifs is 1. The maximum atomic E-state index is 12.9. The zero-order valence-corrected chi connectivity index (χ0v) is 16.7. The van der Waals surface area contributed by atoms with E-state index in [2.05, 4.69) is 48.0 Å². The smallest absolute Gasteiger partial charge is 0.340 e. The number of carbonyl (C=O) groups is 1. The van der Waals surface area contributed by atoms with Gasteiger partial charge in [-0.2, -0.15) is 0 Å². The van der Waals surface area contributed by atoms with E-state index in [0.717, 1.165) is 41.8 Å². The summed E-state index contributed by atoms with van der Waals surface area (Å²) < 4.78 is 7.65. The average molecular weight is 373 g/mol. The molecule has 144 valence electrons. The molecule has 3 heteroatoms. The molecule has 0 unspecified atom stereocenters. The van der Waals surface area contributed by atoms with E-state index in [0.29, 0.717) is 12.2 Å². The Morgan fingerprint density at radius 2 is 1.82 bits per heavy atom. The number of carbonyl (C=O) groups excluding carboxylic acids is 1. The summed E-state index contributed by atoms with van der Waals surface area (Å²) in [4.78, 5) is 12.9. The average Bonchev–Trinajstić information content (AvgIpc) is 3.33. The minimum absolute atomic E-state index is 0.232. The van der Waals surface area contributed by atoms with Gasteiger partial charge < -0.3 is 9.30 Å². The topological polar surface area (TPSA) is 31.2 Å². The molecule has 0 amide bonds. The van der Waals surface area contributed by atoms with Gasteiger partial charge in [0.25, 0.3) is 0 Å². The SMILES string of the molecule is CCCc1c(C(=O)OCC)c(-c2ccccc2)cn1-c1ccc2c(c1)CCC2. The van der Waals surface area contributed by atoms with Crippen LogP contribution in [0.4, 0.5) is 0 Å². The summed E-state index contributed by atoms with van der Waals surface area (Å²) in [5.74, 6) is -0.232. The van der Waals surface area contributed by atoms with Crippen LogP contribution in [0.25, 0.3) is 16.8 Å². The quantitative estimate of drug-likeness (QED) is 0.514. The summed E-state index contributed by atoms with van der Waals surface area (Å²) >= 11 is 0. The van der Waals surface area contributed by atoms with Crippen molar-refractivity contribution in [1.29, 1.82) is 0 Å². The van der Waals surface area contributed by atoms with Gasteiger partial charge in [0.15, 0.2) is 0 Å². The van der Waals surface area contributed by atoms with Gasteiger partial charge in [0, 0.05) is 23.1 Å². The molecule has 4 rings (SSSR count). The van der Waals surface area contributed by atoms with Gasteiger partial charge in [0.2, 0.25) is 0 Å². The molecule has 0 saturated carbocycles. The molecule has 0 N–H and O–H groups in total. The highest BCUT2D eigenvalue weighted by Crippen LogP contribution is 2.33. The molecule has 1 heterocycles. The Hall–Kier alpha value is -2.81. The molecule has 0 bridgehead atoms. The number of nitrogens with zero attached hydrogens (tertiary/aromatic N) is 1. The summed E-state index contributed by atoms with van der Waals surface area (Å²) in [6.45, 7) is 4.39. The molecule has 1 aromatic heterocycles. The monoisotopic (exact) mass is 373 g/mol. The highest BCUT2D eigenvalue weighted by molar-refractivity contribution is 5.99. The Labute approximate surface area is 167 Å². The summed E-state index contributed by atoms with van der Waals surface area (Å²) in [7, 11) is 0. The molecule has 28 heavy (non-hydrogen) atoms. The Balaban J connectivity index is 1.92. The Morgan fingerprint density at radius 3 is 2.57 bits per heavy atom. The molecular formula is C25H27NO2. The Kier molecular flexibility index (Phi) is 5.34. The molecule has 0 atom stereocenters. The maximum absolute atomic E-state index is 12.9. The maximum Gasteiger partial charge on any atom is 0.340 e. The van der Waals surface area contributed by atoms with Gasteiger partial charge in [0.1, 0.15) is 0 Å². The van der Waals surface area contributed by atoms with Crippen molar-refractivity contribution in [2.45, 2.75) is 46.0 Å². The second kappa shape index (κ2) is 8.05. The van der Waals surface area contributed by atoms with Gasteiger partial charge in [-0.25, -0.2) is 4.79 Å². The van der Waals surface area contributed by atoms with Crippen LogP contribution in [0.3, 0.4) is 0 Å². The molecular weight excluding hydrogens is 346 g/mol. The van der Waals surface area contributed by atoms with Crippen LogP contribution in [-0.2, 0) is 24.0 Å². The third kappa shape index (κ3) is 3.37. The first-order valence-corrected chi connectivity index (χ1v) is 10.3. The van der Waals surface area contributed by atoms with Crippen LogP contribution in [0.5, 0.6) is 0 Å². The zero-order chi connectivity index (χ0) is 19.5. The molecule has 1 aliphatic carbocycles. The van der Waals surface area contributed by atoms with Crippen LogP contribution < -0.4 is 0 Å². The van der Waals surface area contributed by atoms with Crippen molar-refractivity contribution in [2.24, 2.45) is 0 Å². The number of esters is 1. The predicted molar refractivity (Wildman–Crippen MR) is 113 cm³/mol. The summed E-state index contributed by atoms with van der Waals surface area (Å²) in [5, 5.41) is 0. The van der Waals surface area contributed by atoms with Gasteiger partial charge in [-0.15, -0.1) is 0 Å². The summed E-state index contributed by atoms with van der Waals surface area (Å²) in [5.41, 5.74) is 7.77. The number of hydrogen-bond acceptors (Lipinski definition) is 2. The standard InChI is InChI=1S/C25H27NO2/c1-3-9-23-24(25(27)28-4-2)22(19-10-6-5-7-11-19)17-26(23)21-15-14-18-12-8-13-20(18)16-21/h5-7,10-11,14-17H,3-4,8-9,12-13H2,1-2H3. The van der Waals surface area contributed by atoms with E-state index in [-0.39, 0.29) is 5.97 Å². The van der Waals surface area contributed by atoms with E-state index >= 15 is 0 Å². The van der Waals surface area contributed by atoms with Crippen LogP contribution in [0.15, 0.2) is 54.7 Å². The number of rotatable bonds is 6. The minimum atomic E-state index is -0.232. The van der Waals surface area contributed by atoms with Gasteiger partial charge in [0.05, 0.1) is 12.2 Å². The van der Waals surface area contributed by atoms with E-state index in [1.54, 1.807) is 0 Å². The third-order valence-corrected chi connectivity index (χ3v) is 5.52. The molecule has 0 saturated heterocycles. The molecule has 0 fully saturated rings. The Bertz CT molecular complexity index is 985. The fourth-order valence-corrected chi connectivity index (χ4v) is 4.24. The third-order valence-electron chi connectivity index (χ3n) is 5.52. The van der Waals surface area contributed by atoms with Gasteiger partial charge in [-0.1, -0.05) is 49.7 Å². The van der Waals surface area contributed by atoms with Crippen LogP contribution in [-0.4, -0.2) is 17.1 Å². The molecule has 3 nitrogen and oxygen atoms in total. The van der Waals surface area contributed by atoms with Crippen LogP contribution in [0.1, 0.15) is 53.9 Å². The first-order chi connectivity index (χ1) is 13.7. The highest BCUT2D eigenvalue weighted by atomic mass is 16.5. The predicted octanol–water partition coefficient (Wildman–Crippen LogP) is 5.76. The lowest BCUT2D eigenvalue weighted by Crippen LogP contribution is -2.10. The van der Waals surface area contributed by atoms with Gasteiger partial charge in [-0.05, 0) is 61.4 Å². The Morgan fingerprint density at radius 1 is 1.04 bits per heavy atom. The van der Waals surface area contributed by atoms with Gasteiger partial charge in [-0.3, -0.25) is 0 Å². The summed E-state index contributed by atoms with van der Waals surface area (Å²) in [6.07, 6.45) is 7.46. The van der Waals surface area contributed by atoms with Crippen molar-refractivity contribution in [1.82, 2.24) is 4.57 Å². The molecule has 2 aromatic carbocycles. The summed E-state index contributed by atoms with van der Waals surface area (Å²) in [6, 6.07) is 16.9. The van der Waals surface area contributed by atoms with Crippen LogP contribution >= 0.6 is 0 Å². The molecule has 0 radical (unpaired) electrons. The van der Waals surface area contributed by atoms with Gasteiger partial charge >= 0.3 is 5.97 Å². The number of aromatic nitrogens is 1. The zero-order valence-electron chi connectivity index (χ0n) is 16.7. The molecule has 0 aliphatic heterocycles. The molecule has 1 aliphatic rings. The van der Waals surface area contributed by atoms with E-state index in [1.165, 1.54) is 24.0 Å². The number of aryl methyl sites for hydroxylation is 2. The fourth-order valence-electron chi connectivity index (χ4n) is 4.24. The largest absolute Gasteiger partial charge is 0.462 e. The first-order valence-electron chi connectivity index (χ1n) is 10.3. The first kappa shape index (κ1) is 18.5. The van der Waals surface area contributed by atoms with Crippen molar-refractivity contribution < 1.29 is 9.53 Å². The highest BCUT2D eigenvalue weighted by Gasteiger charge is 2.24. The lowest BCUT2D eigenvalue weighted by molar-refractivity contribution is 0.0526. The molecule has 0 spiro atoms. The van der Waals surface area contributed by atoms with Crippen molar-refractivity contribution in [3.8, 4) is 16.8 Å². The normalized spacial score (nSPS) is 12.8. The lowest BCUT2D eigenvalue weighted by Gasteiger charge is -2.12. The number of hydrogen-bond donors (Lipinski definition) is 0. The fraction of sp³-hybridized carbons (Fsp3) is 0.320. The van der Waals surface area contributed by atoms with E-state index in [9.17, 15) is 4.79 Å². The van der Waals surface area contributed by atoms with Crippen molar-refractivity contribution in [3.05, 3.63) is 77.1 Å². The van der Waals surface area contributed by atoms with Crippen molar-refractivity contribution >= 4 is 5.97 Å². The minimum Gasteiger partial charge on any atom is -0.462 e. The van der Waals surface area contributed by atoms with Crippen LogP contribution in [0.2, 0.25) is 0 Å². The second-order valence-corrected chi connectivity index (χ2v) is 7.38. The lowest BCUT2D eigenvalue weighted by atomic mass is 10.0. The van der Waals surface area contributed by atoms with E-state index < -0.39 is 0 Å². The number of benzene rings is 2. The number of ether oxygens (including phenoxy) is 1.